The maximum Gasteiger partial charge on any atom is 0.256 e. The van der Waals surface area contributed by atoms with E-state index in [2.05, 4.69) is 17.2 Å². The zero-order chi connectivity index (χ0) is 17.1. The molecule has 1 N–H and O–H groups in total. The number of carbonyl (C=O) groups excluding carboxylic acids is 1. The standard InChI is InChI=1S/C18H27N3O3/c1-12(11-23-2)19-9-13-8-15-16(20-17(13)24-3)10-21(18(15)22)14-6-4-5-7-14/h8,12,14,19H,4-7,9-11H2,1-3H3/t12-/m1/s1. The van der Waals surface area contributed by atoms with Crippen LogP contribution in [0.15, 0.2) is 6.07 Å². The number of fused-ring (bicyclic) bond motifs is 1. The zero-order valence-corrected chi connectivity index (χ0v) is 14.8. The van der Waals surface area contributed by atoms with Crippen molar-refractivity contribution in [1.82, 2.24) is 15.2 Å². The van der Waals surface area contributed by atoms with Crippen molar-refractivity contribution in [3.63, 3.8) is 0 Å². The summed E-state index contributed by atoms with van der Waals surface area (Å²) < 4.78 is 10.6. The lowest BCUT2D eigenvalue weighted by Crippen LogP contribution is -2.33. The van der Waals surface area contributed by atoms with Crippen molar-refractivity contribution >= 4 is 5.91 Å². The van der Waals surface area contributed by atoms with Gasteiger partial charge in [0, 0.05) is 31.3 Å². The average Bonchev–Trinajstić information content (AvgIpc) is 3.20. The van der Waals surface area contributed by atoms with Crippen molar-refractivity contribution < 1.29 is 14.3 Å². The van der Waals surface area contributed by atoms with Crippen molar-refractivity contribution in [2.75, 3.05) is 20.8 Å². The van der Waals surface area contributed by atoms with Crippen LogP contribution in [0.4, 0.5) is 0 Å². The molecule has 0 saturated heterocycles. The summed E-state index contributed by atoms with van der Waals surface area (Å²) in [6.07, 6.45) is 4.65. The molecule has 1 aromatic rings. The molecule has 0 radical (unpaired) electrons. The quantitative estimate of drug-likeness (QED) is 0.828. The Bertz CT molecular complexity index is 599. The lowest BCUT2D eigenvalue weighted by atomic mass is 10.1. The minimum atomic E-state index is 0.123. The van der Waals surface area contributed by atoms with E-state index in [0.29, 0.717) is 31.6 Å². The number of ether oxygens (including phenoxy) is 2. The van der Waals surface area contributed by atoms with E-state index in [-0.39, 0.29) is 11.9 Å². The Hall–Kier alpha value is -1.66. The Morgan fingerprint density at radius 1 is 1.38 bits per heavy atom. The second kappa shape index (κ2) is 7.49. The number of aromatic nitrogens is 1. The molecular formula is C18H27N3O3. The smallest absolute Gasteiger partial charge is 0.256 e. The van der Waals surface area contributed by atoms with Crippen LogP contribution in [0, 0.1) is 0 Å². The molecule has 1 amide bonds. The number of nitrogens with one attached hydrogen (secondary N) is 1. The van der Waals surface area contributed by atoms with Gasteiger partial charge in [0.15, 0.2) is 0 Å². The summed E-state index contributed by atoms with van der Waals surface area (Å²) in [6, 6.07) is 2.55. The second-order valence-corrected chi connectivity index (χ2v) is 6.76. The van der Waals surface area contributed by atoms with E-state index in [4.69, 9.17) is 9.47 Å². The van der Waals surface area contributed by atoms with E-state index in [1.807, 2.05) is 11.0 Å². The molecule has 1 saturated carbocycles. The van der Waals surface area contributed by atoms with Gasteiger partial charge in [0.2, 0.25) is 5.88 Å². The van der Waals surface area contributed by atoms with Crippen molar-refractivity contribution in [2.45, 2.75) is 57.8 Å². The maximum absolute atomic E-state index is 12.8. The summed E-state index contributed by atoms with van der Waals surface area (Å²) in [6.45, 7) is 3.91. The number of nitrogens with zero attached hydrogens (tertiary/aromatic N) is 2. The molecule has 1 aliphatic heterocycles. The van der Waals surface area contributed by atoms with E-state index < -0.39 is 0 Å². The summed E-state index contributed by atoms with van der Waals surface area (Å²) in [7, 11) is 3.31. The summed E-state index contributed by atoms with van der Waals surface area (Å²) >= 11 is 0. The van der Waals surface area contributed by atoms with Gasteiger partial charge in [-0.2, -0.15) is 0 Å². The molecule has 2 aliphatic rings. The van der Waals surface area contributed by atoms with Gasteiger partial charge in [-0.1, -0.05) is 12.8 Å². The number of rotatable bonds is 7. The molecule has 132 valence electrons. The van der Waals surface area contributed by atoms with E-state index in [0.717, 1.165) is 29.7 Å². The minimum absolute atomic E-state index is 0.123. The highest BCUT2D eigenvalue weighted by atomic mass is 16.5. The zero-order valence-electron chi connectivity index (χ0n) is 14.8. The highest BCUT2D eigenvalue weighted by Gasteiger charge is 2.35. The third kappa shape index (κ3) is 3.39. The molecule has 1 aromatic heterocycles. The lowest BCUT2D eigenvalue weighted by molar-refractivity contribution is 0.0706. The van der Waals surface area contributed by atoms with Gasteiger partial charge in [0.05, 0.1) is 31.5 Å². The van der Waals surface area contributed by atoms with E-state index in [9.17, 15) is 4.79 Å². The topological polar surface area (TPSA) is 63.7 Å². The van der Waals surface area contributed by atoms with Crippen LogP contribution in [-0.4, -0.2) is 48.7 Å². The normalized spacial score (nSPS) is 19.0. The van der Waals surface area contributed by atoms with Gasteiger partial charge in [0.1, 0.15) is 0 Å². The average molecular weight is 333 g/mol. The minimum Gasteiger partial charge on any atom is -0.481 e. The Morgan fingerprint density at radius 3 is 2.79 bits per heavy atom. The number of carbonyl (C=O) groups is 1. The Kier molecular flexibility index (Phi) is 5.36. The van der Waals surface area contributed by atoms with Crippen molar-refractivity contribution in [3.8, 4) is 5.88 Å². The van der Waals surface area contributed by atoms with Crippen molar-refractivity contribution in [3.05, 3.63) is 22.9 Å². The third-order valence-corrected chi connectivity index (χ3v) is 4.97. The number of methoxy groups -OCH3 is 2. The molecule has 6 heteroatoms. The SMILES string of the molecule is COC[C@@H](C)NCc1cc2c(nc1OC)CN(C1CCCC1)C2=O. The Morgan fingerprint density at radius 2 is 2.12 bits per heavy atom. The summed E-state index contributed by atoms with van der Waals surface area (Å²) in [5.41, 5.74) is 2.50. The fraction of sp³-hybridized carbons (Fsp3) is 0.667. The first-order valence-corrected chi connectivity index (χ1v) is 8.74. The van der Waals surface area contributed by atoms with Crippen LogP contribution in [0.1, 0.15) is 54.2 Å². The van der Waals surface area contributed by atoms with E-state index in [1.54, 1.807) is 14.2 Å². The van der Waals surface area contributed by atoms with Crippen LogP contribution in [-0.2, 0) is 17.8 Å². The van der Waals surface area contributed by atoms with Gasteiger partial charge in [0.25, 0.3) is 5.91 Å². The second-order valence-electron chi connectivity index (χ2n) is 6.76. The molecular weight excluding hydrogens is 306 g/mol. The summed E-state index contributed by atoms with van der Waals surface area (Å²) in [5, 5.41) is 3.38. The highest BCUT2D eigenvalue weighted by molar-refractivity contribution is 5.98. The monoisotopic (exact) mass is 333 g/mol. The van der Waals surface area contributed by atoms with Gasteiger partial charge < -0.3 is 19.7 Å². The molecule has 0 aromatic carbocycles. The molecule has 0 spiro atoms. The van der Waals surface area contributed by atoms with Crippen LogP contribution in [0.3, 0.4) is 0 Å². The summed E-state index contributed by atoms with van der Waals surface area (Å²) in [5.74, 6) is 0.727. The molecule has 0 bridgehead atoms. The number of pyridine rings is 1. The molecule has 24 heavy (non-hydrogen) atoms. The Labute approximate surface area is 143 Å². The van der Waals surface area contributed by atoms with Crippen LogP contribution in [0.25, 0.3) is 0 Å². The largest absolute Gasteiger partial charge is 0.481 e. The van der Waals surface area contributed by atoms with Crippen LogP contribution >= 0.6 is 0 Å². The summed E-state index contributed by atoms with van der Waals surface area (Å²) in [4.78, 5) is 19.4. The fourth-order valence-corrected chi connectivity index (χ4v) is 3.67. The number of hydrogen-bond acceptors (Lipinski definition) is 5. The molecule has 1 atom stereocenters. The van der Waals surface area contributed by atoms with Gasteiger partial charge in [-0.3, -0.25) is 4.79 Å². The number of hydrogen-bond donors (Lipinski definition) is 1. The van der Waals surface area contributed by atoms with Crippen LogP contribution < -0.4 is 10.1 Å². The first-order valence-electron chi connectivity index (χ1n) is 8.74. The lowest BCUT2D eigenvalue weighted by Gasteiger charge is -2.22. The highest BCUT2D eigenvalue weighted by Crippen LogP contribution is 2.33. The molecule has 0 unspecified atom stereocenters. The van der Waals surface area contributed by atoms with Crippen LogP contribution in [0.2, 0.25) is 0 Å². The first kappa shape index (κ1) is 17.2. The van der Waals surface area contributed by atoms with Crippen molar-refractivity contribution in [1.29, 1.82) is 0 Å². The molecule has 1 fully saturated rings. The van der Waals surface area contributed by atoms with Crippen molar-refractivity contribution in [2.24, 2.45) is 0 Å². The number of amides is 1. The maximum atomic E-state index is 12.8. The van der Waals surface area contributed by atoms with E-state index >= 15 is 0 Å². The predicted molar refractivity (Wildman–Crippen MR) is 91.1 cm³/mol. The third-order valence-electron chi connectivity index (χ3n) is 4.97. The van der Waals surface area contributed by atoms with E-state index in [1.165, 1.54) is 12.8 Å². The van der Waals surface area contributed by atoms with Gasteiger partial charge in [-0.25, -0.2) is 4.98 Å². The van der Waals surface area contributed by atoms with Crippen LogP contribution in [0.5, 0.6) is 5.88 Å². The molecule has 1 aliphatic carbocycles. The van der Waals surface area contributed by atoms with Gasteiger partial charge in [-0.15, -0.1) is 0 Å². The van der Waals surface area contributed by atoms with Gasteiger partial charge >= 0.3 is 0 Å². The first-order chi connectivity index (χ1) is 11.6. The predicted octanol–water partition coefficient (Wildman–Crippen LogP) is 2.11. The van der Waals surface area contributed by atoms with Gasteiger partial charge in [-0.05, 0) is 25.8 Å². The molecule has 3 rings (SSSR count). The molecule has 6 nitrogen and oxygen atoms in total. The molecule has 2 heterocycles. The Balaban J connectivity index is 1.77. The fourth-order valence-electron chi connectivity index (χ4n) is 3.67.